The molecular formula is C51H35N5. The van der Waals surface area contributed by atoms with Crippen molar-refractivity contribution in [2.24, 2.45) is 0 Å². The van der Waals surface area contributed by atoms with Crippen molar-refractivity contribution in [1.82, 2.24) is 24.1 Å². The minimum Gasteiger partial charge on any atom is -0.333 e. The van der Waals surface area contributed by atoms with E-state index < -0.39 is 0 Å². The molecule has 0 saturated heterocycles. The molecule has 3 aromatic heterocycles. The van der Waals surface area contributed by atoms with E-state index in [0.29, 0.717) is 17.6 Å². The van der Waals surface area contributed by atoms with E-state index in [1.807, 2.05) is 36.4 Å². The fourth-order valence-electron chi connectivity index (χ4n) is 8.51. The lowest BCUT2D eigenvalue weighted by Gasteiger charge is -2.22. The van der Waals surface area contributed by atoms with Gasteiger partial charge >= 0.3 is 0 Å². The van der Waals surface area contributed by atoms with Gasteiger partial charge in [-0.1, -0.05) is 164 Å². The van der Waals surface area contributed by atoms with E-state index in [1.54, 1.807) is 0 Å². The van der Waals surface area contributed by atoms with Crippen LogP contribution in [0, 0.1) is 0 Å². The molecule has 0 saturated carbocycles. The average Bonchev–Trinajstić information content (AvgIpc) is 3.79. The molecule has 264 valence electrons. The lowest BCUT2D eigenvalue weighted by Crippen LogP contribution is -2.09. The Kier molecular flexibility index (Phi) is 7.56. The smallest absolute Gasteiger partial charge is 0.238 e. The molecule has 0 N–H and O–H groups in total. The van der Waals surface area contributed by atoms with E-state index in [4.69, 9.17) is 15.0 Å². The van der Waals surface area contributed by atoms with Crippen LogP contribution in [0.1, 0.15) is 18.0 Å². The molecule has 1 aliphatic rings. The van der Waals surface area contributed by atoms with Crippen LogP contribution in [0.25, 0.3) is 89.0 Å². The lowest BCUT2D eigenvalue weighted by atomic mass is 9.94. The number of benzene rings is 7. The summed E-state index contributed by atoms with van der Waals surface area (Å²) in [6, 6.07) is 62.3. The predicted octanol–water partition coefficient (Wildman–Crippen LogP) is 12.7. The quantitative estimate of drug-likeness (QED) is 0.172. The summed E-state index contributed by atoms with van der Waals surface area (Å²) < 4.78 is 4.73. The van der Waals surface area contributed by atoms with Crippen LogP contribution in [0.15, 0.2) is 194 Å². The molecule has 0 amide bonds. The highest BCUT2D eigenvalue weighted by molar-refractivity contribution is 6.12. The summed E-state index contributed by atoms with van der Waals surface area (Å²) in [4.78, 5) is 15.3. The molecule has 11 rings (SSSR count). The summed E-state index contributed by atoms with van der Waals surface area (Å²) in [5.41, 5.74) is 11.4. The van der Waals surface area contributed by atoms with Gasteiger partial charge in [0.25, 0.3) is 0 Å². The number of para-hydroxylation sites is 2. The number of rotatable bonds is 6. The normalized spacial score (nSPS) is 14.2. The lowest BCUT2D eigenvalue weighted by molar-refractivity contribution is 0.656. The molecule has 0 fully saturated rings. The zero-order chi connectivity index (χ0) is 37.0. The zero-order valence-electron chi connectivity index (χ0n) is 30.5. The van der Waals surface area contributed by atoms with Crippen molar-refractivity contribution in [3.63, 3.8) is 0 Å². The maximum atomic E-state index is 5.15. The SMILES string of the molecule is C1=CC(n2c3ccccc3c3cc(-c4ccc5c6ccccc6n(-c6nc(-c7ccccc7)nc(-c7ccccc7)n6)c5c4)ccc32)CC(c2ccccc2)=C1. The maximum Gasteiger partial charge on any atom is 0.238 e. The third-order valence-electron chi connectivity index (χ3n) is 11.1. The first-order valence-corrected chi connectivity index (χ1v) is 19.1. The van der Waals surface area contributed by atoms with Gasteiger partial charge in [0, 0.05) is 43.7 Å². The monoisotopic (exact) mass is 717 g/mol. The van der Waals surface area contributed by atoms with Gasteiger partial charge in [0.2, 0.25) is 5.95 Å². The van der Waals surface area contributed by atoms with Crippen molar-refractivity contribution in [2.75, 3.05) is 0 Å². The maximum absolute atomic E-state index is 5.15. The van der Waals surface area contributed by atoms with E-state index in [2.05, 4.69) is 167 Å². The first kappa shape index (κ1) is 32.1. The van der Waals surface area contributed by atoms with Crippen molar-refractivity contribution >= 4 is 49.2 Å². The number of allylic oxidation sites excluding steroid dienone is 4. The molecule has 10 aromatic rings. The van der Waals surface area contributed by atoms with Crippen LogP contribution in [0.4, 0.5) is 0 Å². The molecule has 0 radical (unpaired) electrons. The fourth-order valence-corrected chi connectivity index (χ4v) is 8.51. The van der Waals surface area contributed by atoms with Gasteiger partial charge in [0.05, 0.1) is 17.1 Å². The Morgan fingerprint density at radius 2 is 0.946 bits per heavy atom. The molecule has 7 aromatic carbocycles. The van der Waals surface area contributed by atoms with E-state index in [0.717, 1.165) is 50.5 Å². The highest BCUT2D eigenvalue weighted by Crippen LogP contribution is 2.40. The summed E-state index contributed by atoms with van der Waals surface area (Å²) in [7, 11) is 0. The number of aromatic nitrogens is 5. The number of fused-ring (bicyclic) bond motifs is 6. The summed E-state index contributed by atoms with van der Waals surface area (Å²) in [6.45, 7) is 0. The van der Waals surface area contributed by atoms with Gasteiger partial charge in [-0.2, -0.15) is 9.97 Å². The molecule has 3 heterocycles. The summed E-state index contributed by atoms with van der Waals surface area (Å²) in [5, 5.41) is 4.81. The zero-order valence-corrected chi connectivity index (χ0v) is 30.5. The molecular weight excluding hydrogens is 683 g/mol. The highest BCUT2D eigenvalue weighted by atomic mass is 15.2. The van der Waals surface area contributed by atoms with Crippen molar-refractivity contribution in [2.45, 2.75) is 12.5 Å². The van der Waals surface area contributed by atoms with E-state index in [9.17, 15) is 0 Å². The van der Waals surface area contributed by atoms with Crippen molar-refractivity contribution in [3.8, 4) is 39.9 Å². The van der Waals surface area contributed by atoms with Crippen LogP contribution >= 0.6 is 0 Å². The Morgan fingerprint density at radius 3 is 1.64 bits per heavy atom. The van der Waals surface area contributed by atoms with Gasteiger partial charge in [0.15, 0.2) is 11.6 Å². The minimum absolute atomic E-state index is 0.206. The third-order valence-corrected chi connectivity index (χ3v) is 11.1. The van der Waals surface area contributed by atoms with Crippen LogP contribution in [0.5, 0.6) is 0 Å². The van der Waals surface area contributed by atoms with E-state index in [1.165, 1.54) is 32.9 Å². The molecule has 1 unspecified atom stereocenters. The average molecular weight is 718 g/mol. The second-order valence-corrected chi connectivity index (χ2v) is 14.4. The molecule has 5 heteroatoms. The topological polar surface area (TPSA) is 48.5 Å². The molecule has 0 bridgehead atoms. The van der Waals surface area contributed by atoms with Crippen LogP contribution in [-0.4, -0.2) is 24.1 Å². The summed E-state index contributed by atoms with van der Waals surface area (Å²) in [6.07, 6.45) is 7.76. The van der Waals surface area contributed by atoms with Crippen molar-refractivity contribution in [3.05, 3.63) is 200 Å². The van der Waals surface area contributed by atoms with E-state index in [-0.39, 0.29) is 6.04 Å². The molecule has 5 nitrogen and oxygen atoms in total. The standard InChI is InChI=1S/C51H35N5/c1-4-15-34(16-5-1)37-21-14-22-40(31-37)55-45-25-12-11-24-42(45)44-32-38(28-30-47(44)55)39-27-29-43-41-23-10-13-26-46(41)56(48(43)33-39)51-53-49(35-17-6-2-7-18-35)52-50(54-51)36-19-8-3-9-20-36/h1-30,32-33,40H,31H2. The van der Waals surface area contributed by atoms with Crippen molar-refractivity contribution in [1.29, 1.82) is 0 Å². The second kappa shape index (κ2) is 13.2. The van der Waals surface area contributed by atoms with Crippen LogP contribution in [0.2, 0.25) is 0 Å². The second-order valence-electron chi connectivity index (χ2n) is 14.4. The Bertz CT molecular complexity index is 3100. The largest absolute Gasteiger partial charge is 0.333 e. The van der Waals surface area contributed by atoms with E-state index >= 15 is 0 Å². The first-order valence-electron chi connectivity index (χ1n) is 19.1. The predicted molar refractivity (Wildman–Crippen MR) is 231 cm³/mol. The molecule has 0 aliphatic heterocycles. The van der Waals surface area contributed by atoms with Gasteiger partial charge in [0.1, 0.15) is 0 Å². The number of nitrogens with zero attached hydrogens (tertiary/aromatic N) is 5. The molecule has 1 atom stereocenters. The highest BCUT2D eigenvalue weighted by Gasteiger charge is 2.22. The third kappa shape index (κ3) is 5.36. The van der Waals surface area contributed by atoms with Crippen LogP contribution in [0.3, 0.4) is 0 Å². The van der Waals surface area contributed by atoms with Crippen molar-refractivity contribution < 1.29 is 0 Å². The molecule has 0 spiro atoms. The fraction of sp³-hybridized carbons (Fsp3) is 0.0392. The first-order chi connectivity index (χ1) is 27.8. The Balaban J connectivity index is 1.07. The molecule has 1 aliphatic carbocycles. The summed E-state index contributed by atoms with van der Waals surface area (Å²) >= 11 is 0. The van der Waals surface area contributed by atoms with Crippen LogP contribution < -0.4 is 0 Å². The Morgan fingerprint density at radius 1 is 0.411 bits per heavy atom. The van der Waals surface area contributed by atoms with Gasteiger partial charge in [-0.25, -0.2) is 4.98 Å². The van der Waals surface area contributed by atoms with Gasteiger partial charge in [-0.15, -0.1) is 0 Å². The van der Waals surface area contributed by atoms with Gasteiger partial charge < -0.3 is 4.57 Å². The molecule has 56 heavy (non-hydrogen) atoms. The minimum atomic E-state index is 0.206. The number of hydrogen-bond donors (Lipinski definition) is 0. The number of hydrogen-bond acceptors (Lipinski definition) is 3. The summed E-state index contributed by atoms with van der Waals surface area (Å²) in [5.74, 6) is 1.86. The van der Waals surface area contributed by atoms with Crippen LogP contribution in [-0.2, 0) is 0 Å². The Labute approximate surface area is 324 Å². The van der Waals surface area contributed by atoms with Gasteiger partial charge in [-0.3, -0.25) is 4.57 Å². The van der Waals surface area contributed by atoms with Gasteiger partial charge in [-0.05, 0) is 59.0 Å². The Hall–Kier alpha value is -7.37.